The molecular formula is C21H18N4O3. The minimum absolute atomic E-state index is 0.224. The molecule has 0 radical (unpaired) electrons. The van der Waals surface area contributed by atoms with Gasteiger partial charge in [-0.25, -0.2) is 4.98 Å². The maximum atomic E-state index is 12.6. The van der Waals surface area contributed by atoms with Crippen molar-refractivity contribution in [1.82, 2.24) is 19.8 Å². The molecule has 7 nitrogen and oxygen atoms in total. The molecule has 7 heteroatoms. The summed E-state index contributed by atoms with van der Waals surface area (Å²) in [6.45, 7) is 1.89. The number of aromatic nitrogens is 2. The van der Waals surface area contributed by atoms with Crippen molar-refractivity contribution in [3.63, 3.8) is 0 Å². The van der Waals surface area contributed by atoms with Gasteiger partial charge in [0.2, 0.25) is 0 Å². The summed E-state index contributed by atoms with van der Waals surface area (Å²) < 4.78 is 1.90. The highest BCUT2D eigenvalue weighted by molar-refractivity contribution is 6.21. The van der Waals surface area contributed by atoms with E-state index < -0.39 is 5.91 Å². The average molecular weight is 374 g/mol. The molecule has 1 aliphatic heterocycles. The Hall–Kier alpha value is -3.74. The highest BCUT2D eigenvalue weighted by Gasteiger charge is 2.33. The molecule has 0 saturated heterocycles. The van der Waals surface area contributed by atoms with Crippen LogP contribution in [0.3, 0.4) is 0 Å². The second-order valence-electron chi connectivity index (χ2n) is 6.69. The lowest BCUT2D eigenvalue weighted by atomic mass is 10.0. The van der Waals surface area contributed by atoms with Gasteiger partial charge in [-0.1, -0.05) is 12.1 Å². The second-order valence-corrected chi connectivity index (χ2v) is 6.69. The van der Waals surface area contributed by atoms with E-state index in [4.69, 9.17) is 0 Å². The Morgan fingerprint density at radius 1 is 1.04 bits per heavy atom. The van der Waals surface area contributed by atoms with Crippen molar-refractivity contribution in [2.24, 2.45) is 0 Å². The van der Waals surface area contributed by atoms with Crippen LogP contribution in [-0.4, -0.2) is 39.2 Å². The van der Waals surface area contributed by atoms with Crippen molar-refractivity contribution < 1.29 is 14.4 Å². The molecule has 0 aliphatic carbocycles. The van der Waals surface area contributed by atoms with Gasteiger partial charge in [0.15, 0.2) is 0 Å². The van der Waals surface area contributed by atoms with Crippen molar-refractivity contribution in [2.45, 2.75) is 13.0 Å². The van der Waals surface area contributed by atoms with Crippen molar-refractivity contribution in [2.75, 3.05) is 7.05 Å². The van der Waals surface area contributed by atoms with Crippen LogP contribution in [0.2, 0.25) is 0 Å². The third-order valence-corrected chi connectivity index (χ3v) is 4.90. The fourth-order valence-electron chi connectivity index (χ4n) is 3.21. The Bertz CT molecular complexity index is 1070. The topological polar surface area (TPSA) is 84.3 Å². The monoisotopic (exact) mass is 374 g/mol. The summed E-state index contributed by atoms with van der Waals surface area (Å²) in [6.07, 6.45) is 5.29. The van der Waals surface area contributed by atoms with E-state index in [0.717, 1.165) is 16.2 Å². The van der Waals surface area contributed by atoms with Crippen molar-refractivity contribution in [3.8, 4) is 5.69 Å². The molecule has 3 aromatic rings. The minimum atomic E-state index is -0.391. The molecule has 3 amide bonds. The number of imidazole rings is 1. The highest BCUT2D eigenvalue weighted by atomic mass is 16.2. The maximum Gasteiger partial charge on any atom is 0.261 e. The SMILES string of the molecule is C[C@H](NC(=O)c1ccc2c(c1)C(=O)N(C)C2=O)c1ccc(-n2ccnc2)cc1. The fraction of sp³-hybridized carbons (Fsp3) is 0.143. The third-order valence-electron chi connectivity index (χ3n) is 4.90. The van der Waals surface area contributed by atoms with E-state index in [9.17, 15) is 14.4 Å². The van der Waals surface area contributed by atoms with Gasteiger partial charge in [0.25, 0.3) is 17.7 Å². The van der Waals surface area contributed by atoms with E-state index in [-0.39, 0.29) is 23.4 Å². The fourth-order valence-corrected chi connectivity index (χ4v) is 3.21. The van der Waals surface area contributed by atoms with Crippen LogP contribution in [0.1, 0.15) is 49.6 Å². The molecular weight excluding hydrogens is 356 g/mol. The molecule has 4 rings (SSSR count). The Morgan fingerprint density at radius 2 is 1.75 bits per heavy atom. The van der Waals surface area contributed by atoms with Gasteiger partial charge in [0.1, 0.15) is 0 Å². The molecule has 1 aliphatic rings. The number of carbonyl (C=O) groups excluding carboxylic acids is 3. The number of amides is 3. The molecule has 1 atom stereocenters. The van der Waals surface area contributed by atoms with Crippen LogP contribution < -0.4 is 5.32 Å². The number of fused-ring (bicyclic) bond motifs is 1. The number of benzene rings is 2. The summed E-state index contributed by atoms with van der Waals surface area (Å²) in [5, 5.41) is 2.93. The first kappa shape index (κ1) is 17.7. The van der Waals surface area contributed by atoms with E-state index in [2.05, 4.69) is 10.3 Å². The molecule has 0 unspecified atom stereocenters. The highest BCUT2D eigenvalue weighted by Crippen LogP contribution is 2.23. The predicted molar refractivity (Wildman–Crippen MR) is 102 cm³/mol. The van der Waals surface area contributed by atoms with Gasteiger partial charge in [-0.05, 0) is 42.8 Å². The summed E-state index contributed by atoms with van der Waals surface area (Å²) >= 11 is 0. The van der Waals surface area contributed by atoms with Crippen LogP contribution in [0, 0.1) is 0 Å². The third kappa shape index (κ3) is 2.96. The molecule has 2 aromatic carbocycles. The van der Waals surface area contributed by atoms with Gasteiger partial charge in [-0.3, -0.25) is 19.3 Å². The average Bonchev–Trinajstić information content (AvgIpc) is 3.32. The number of nitrogens with zero attached hydrogens (tertiary/aromatic N) is 3. The van der Waals surface area contributed by atoms with E-state index >= 15 is 0 Å². The van der Waals surface area contributed by atoms with Crippen LogP contribution in [0.25, 0.3) is 5.69 Å². The first-order valence-electron chi connectivity index (χ1n) is 8.81. The van der Waals surface area contributed by atoms with Gasteiger partial charge >= 0.3 is 0 Å². The first-order valence-corrected chi connectivity index (χ1v) is 8.81. The lowest BCUT2D eigenvalue weighted by molar-refractivity contribution is 0.0693. The van der Waals surface area contributed by atoms with Crippen LogP contribution in [0.15, 0.2) is 61.2 Å². The van der Waals surface area contributed by atoms with Gasteiger partial charge in [-0.2, -0.15) is 0 Å². The largest absolute Gasteiger partial charge is 0.346 e. The zero-order valence-electron chi connectivity index (χ0n) is 15.4. The molecule has 2 heterocycles. The zero-order valence-corrected chi connectivity index (χ0v) is 15.4. The molecule has 0 fully saturated rings. The van der Waals surface area contributed by atoms with Crippen molar-refractivity contribution in [1.29, 1.82) is 0 Å². The van der Waals surface area contributed by atoms with Crippen LogP contribution >= 0.6 is 0 Å². The standard InChI is InChI=1S/C21H18N4O3/c1-13(14-3-6-16(7-4-14)25-10-9-22-12-25)23-19(26)15-5-8-17-18(11-15)21(28)24(2)20(17)27/h3-13H,1-2H3,(H,23,26)/t13-/m0/s1. The predicted octanol–water partition coefficient (Wildman–Crippen LogP) is 2.59. The smallest absolute Gasteiger partial charge is 0.261 e. The Labute approximate surface area is 161 Å². The first-order chi connectivity index (χ1) is 13.5. The molecule has 1 aromatic heterocycles. The molecule has 0 saturated carbocycles. The van der Waals surface area contributed by atoms with Crippen LogP contribution in [0.4, 0.5) is 0 Å². The number of carbonyl (C=O) groups is 3. The number of nitrogens with one attached hydrogen (secondary N) is 1. The number of hydrogen-bond donors (Lipinski definition) is 1. The number of hydrogen-bond acceptors (Lipinski definition) is 4. The van der Waals surface area contributed by atoms with E-state index in [1.807, 2.05) is 42.0 Å². The van der Waals surface area contributed by atoms with E-state index in [0.29, 0.717) is 11.1 Å². The zero-order chi connectivity index (χ0) is 19.8. The van der Waals surface area contributed by atoms with Crippen LogP contribution in [-0.2, 0) is 0 Å². The minimum Gasteiger partial charge on any atom is -0.346 e. The molecule has 0 bridgehead atoms. The van der Waals surface area contributed by atoms with Gasteiger partial charge < -0.3 is 9.88 Å². The summed E-state index contributed by atoms with van der Waals surface area (Å²) in [5.41, 5.74) is 2.86. The van der Waals surface area contributed by atoms with E-state index in [1.165, 1.54) is 19.2 Å². The second kappa shape index (κ2) is 6.77. The number of imide groups is 1. The molecule has 28 heavy (non-hydrogen) atoms. The molecule has 140 valence electrons. The van der Waals surface area contributed by atoms with Crippen molar-refractivity contribution in [3.05, 3.63) is 83.4 Å². The normalized spacial score (nSPS) is 14.1. The van der Waals surface area contributed by atoms with Gasteiger partial charge in [0.05, 0.1) is 23.5 Å². The quantitative estimate of drug-likeness (QED) is 0.712. The Morgan fingerprint density at radius 3 is 2.43 bits per heavy atom. The summed E-state index contributed by atoms with van der Waals surface area (Å²) in [7, 11) is 1.43. The van der Waals surface area contributed by atoms with Crippen LogP contribution in [0.5, 0.6) is 0 Å². The summed E-state index contributed by atoms with van der Waals surface area (Å²) in [4.78, 5) is 41.8. The number of rotatable bonds is 4. The molecule has 1 N–H and O–H groups in total. The maximum absolute atomic E-state index is 12.6. The van der Waals surface area contributed by atoms with E-state index in [1.54, 1.807) is 18.6 Å². The van der Waals surface area contributed by atoms with Gasteiger partial charge in [-0.15, -0.1) is 0 Å². The summed E-state index contributed by atoms with van der Waals surface area (Å²) in [6, 6.07) is 12.1. The Balaban J connectivity index is 1.50. The molecule has 0 spiro atoms. The van der Waals surface area contributed by atoms with Crippen molar-refractivity contribution >= 4 is 17.7 Å². The lowest BCUT2D eigenvalue weighted by Crippen LogP contribution is -2.27. The Kier molecular flexibility index (Phi) is 4.27. The summed E-state index contributed by atoms with van der Waals surface area (Å²) in [5.74, 6) is -1.04. The lowest BCUT2D eigenvalue weighted by Gasteiger charge is -2.15. The van der Waals surface area contributed by atoms with Gasteiger partial charge in [0, 0.05) is 30.7 Å².